The normalized spacial score (nSPS) is 18.4. The van der Waals surface area contributed by atoms with E-state index < -0.39 is 23.6 Å². The van der Waals surface area contributed by atoms with Crippen LogP contribution in [-0.2, 0) is 19.1 Å². The Morgan fingerprint density at radius 1 is 1.10 bits per heavy atom. The molecule has 0 bridgehead atoms. The molecule has 42 heavy (non-hydrogen) atoms. The molecule has 12 heteroatoms. The number of thiophene rings is 1. The third-order valence-electron chi connectivity index (χ3n) is 7.63. The molecule has 2 saturated heterocycles. The Hall–Kier alpha value is -4.39. The van der Waals surface area contributed by atoms with Gasteiger partial charge in [-0.05, 0) is 37.3 Å². The number of nitrogens with one attached hydrogen (secondary N) is 3. The smallest absolute Gasteiger partial charge is 0.251 e. The van der Waals surface area contributed by atoms with Gasteiger partial charge < -0.3 is 30.7 Å². The van der Waals surface area contributed by atoms with Crippen molar-refractivity contribution >= 4 is 56.7 Å². The van der Waals surface area contributed by atoms with Crippen molar-refractivity contribution in [1.82, 2.24) is 20.5 Å². The summed E-state index contributed by atoms with van der Waals surface area (Å²) in [5.74, 6) is -2.30. The van der Waals surface area contributed by atoms with E-state index >= 15 is 0 Å². The fourth-order valence-corrected chi connectivity index (χ4v) is 6.33. The van der Waals surface area contributed by atoms with Crippen LogP contribution in [0.4, 0.5) is 0 Å². The summed E-state index contributed by atoms with van der Waals surface area (Å²) >= 11 is 1.39. The number of aromatic nitrogens is 1. The minimum absolute atomic E-state index is 0.0449. The number of amides is 3. The number of rotatable bonds is 7. The van der Waals surface area contributed by atoms with Gasteiger partial charge in [0.2, 0.25) is 11.8 Å². The number of nitrogen functional groups attached to an aromatic ring is 1. The van der Waals surface area contributed by atoms with E-state index in [9.17, 15) is 14.4 Å². The molecule has 1 spiro atoms. The van der Waals surface area contributed by atoms with E-state index in [2.05, 4.69) is 15.6 Å². The maximum absolute atomic E-state index is 13.4. The third-order valence-corrected chi connectivity index (χ3v) is 8.74. The van der Waals surface area contributed by atoms with Gasteiger partial charge in [0.05, 0.1) is 43.4 Å². The molecular weight excluding hydrogens is 556 g/mol. The van der Waals surface area contributed by atoms with E-state index in [0.29, 0.717) is 29.9 Å². The van der Waals surface area contributed by atoms with Gasteiger partial charge in [0.1, 0.15) is 11.9 Å². The number of amidine groups is 1. The van der Waals surface area contributed by atoms with Crippen molar-refractivity contribution in [1.29, 1.82) is 5.41 Å². The number of nitrogens with two attached hydrogens (primary N) is 1. The van der Waals surface area contributed by atoms with E-state index in [4.69, 9.17) is 20.6 Å². The summed E-state index contributed by atoms with van der Waals surface area (Å²) in [7, 11) is 0. The quantitative estimate of drug-likeness (QED) is 0.147. The first-order valence-electron chi connectivity index (χ1n) is 13.6. The Kier molecular flexibility index (Phi) is 7.35. The average molecular weight is 587 g/mol. The fraction of sp³-hybridized carbons (Fsp3) is 0.300. The Balaban J connectivity index is 1.14. The number of para-hydroxylation sites is 1. The highest BCUT2D eigenvalue weighted by Gasteiger charge is 2.52. The second-order valence-electron chi connectivity index (χ2n) is 10.5. The van der Waals surface area contributed by atoms with Crippen LogP contribution in [0.5, 0.6) is 0 Å². The van der Waals surface area contributed by atoms with Gasteiger partial charge in [0.15, 0.2) is 5.79 Å². The summed E-state index contributed by atoms with van der Waals surface area (Å²) in [6, 6.07) is 15.6. The van der Waals surface area contributed by atoms with Crippen molar-refractivity contribution in [3.05, 3.63) is 76.0 Å². The Morgan fingerprint density at radius 2 is 1.86 bits per heavy atom. The summed E-state index contributed by atoms with van der Waals surface area (Å²) in [4.78, 5) is 46.8. The molecule has 1 unspecified atom stereocenters. The first kappa shape index (κ1) is 27.8. The number of nitrogens with zero attached hydrogens (tertiary/aromatic N) is 2. The van der Waals surface area contributed by atoms with Gasteiger partial charge in [0.25, 0.3) is 5.91 Å². The minimum atomic E-state index is -1.05. The Morgan fingerprint density at radius 3 is 2.62 bits per heavy atom. The van der Waals surface area contributed by atoms with Gasteiger partial charge in [0, 0.05) is 38.6 Å². The van der Waals surface area contributed by atoms with Crippen molar-refractivity contribution in [3.63, 3.8) is 0 Å². The molecule has 3 amide bonds. The average Bonchev–Trinajstić information content (AvgIpc) is 3.75. The molecule has 6 rings (SSSR count). The molecule has 4 aromatic rings. The summed E-state index contributed by atoms with van der Waals surface area (Å²) < 4.78 is 11.6. The molecule has 0 radical (unpaired) electrons. The largest absolute Gasteiger partial charge is 0.384 e. The first-order chi connectivity index (χ1) is 20.2. The number of carbonyl (C=O) groups is 3. The number of carbonyl (C=O) groups excluding carboxylic acids is 3. The van der Waals surface area contributed by atoms with Crippen LogP contribution in [-0.4, -0.2) is 71.6 Å². The SMILES string of the molecule is CC(NC(=O)[C@@H]1CC2(CN1C(=O)CNC(=O)c1ccc3cc4ccccc4nc3c1)OCCO2)c1cc(C(=N)N)cs1. The van der Waals surface area contributed by atoms with Crippen molar-refractivity contribution in [2.75, 3.05) is 26.3 Å². The lowest BCUT2D eigenvalue weighted by Gasteiger charge is -2.25. The molecule has 0 saturated carbocycles. The van der Waals surface area contributed by atoms with Gasteiger partial charge in [-0.15, -0.1) is 11.3 Å². The molecular formula is C30H30N6O5S. The van der Waals surface area contributed by atoms with E-state index in [1.54, 1.807) is 23.6 Å². The highest BCUT2D eigenvalue weighted by atomic mass is 32.1. The first-order valence-corrected chi connectivity index (χ1v) is 14.5. The lowest BCUT2D eigenvalue weighted by molar-refractivity contribution is -0.152. The summed E-state index contributed by atoms with van der Waals surface area (Å²) in [5, 5.41) is 16.9. The van der Waals surface area contributed by atoms with Crippen LogP contribution >= 0.6 is 11.3 Å². The van der Waals surface area contributed by atoms with Crippen molar-refractivity contribution in [2.45, 2.75) is 31.2 Å². The molecule has 2 aliphatic rings. The standard InChI is InChI=1S/C30H30N6O5S/c1-17(25-12-21(15-42-25)27(31)32)34-29(39)24-13-30(40-8-9-41-30)16-36(24)26(37)14-33-28(38)20-7-6-19-10-18-4-2-3-5-22(18)35-23(19)11-20/h2-7,10-12,15,17,24H,8-9,13-14,16H2,1H3,(H3,31,32)(H,33,38)(H,34,39)/t17?,24-/m0/s1. The monoisotopic (exact) mass is 586 g/mol. The summed E-state index contributed by atoms with van der Waals surface area (Å²) in [6.07, 6.45) is 0.179. The molecule has 216 valence electrons. The molecule has 0 aliphatic carbocycles. The van der Waals surface area contributed by atoms with E-state index in [1.807, 2.05) is 43.3 Å². The number of fused-ring (bicyclic) bond motifs is 2. The maximum Gasteiger partial charge on any atom is 0.251 e. The van der Waals surface area contributed by atoms with Crippen LogP contribution in [0.3, 0.4) is 0 Å². The summed E-state index contributed by atoms with van der Waals surface area (Å²) in [6.45, 7) is 2.35. The third kappa shape index (κ3) is 5.43. The molecule has 5 N–H and O–H groups in total. The molecule has 2 atom stereocenters. The summed E-state index contributed by atoms with van der Waals surface area (Å²) in [5.41, 5.74) is 8.05. The van der Waals surface area contributed by atoms with Crippen molar-refractivity contribution in [3.8, 4) is 0 Å². The number of likely N-dealkylation sites (tertiary alicyclic amines) is 1. The van der Waals surface area contributed by atoms with Crippen LogP contribution in [0.2, 0.25) is 0 Å². The number of hydrogen-bond donors (Lipinski definition) is 4. The zero-order valence-corrected chi connectivity index (χ0v) is 23.7. The molecule has 2 fully saturated rings. The molecule has 2 aromatic carbocycles. The second kappa shape index (κ2) is 11.1. The molecule has 11 nitrogen and oxygen atoms in total. The van der Waals surface area contributed by atoms with E-state index in [-0.39, 0.29) is 37.3 Å². The Labute approximate surface area is 245 Å². The maximum atomic E-state index is 13.4. The van der Waals surface area contributed by atoms with Crippen LogP contribution in [0.1, 0.15) is 40.2 Å². The predicted octanol–water partition coefficient (Wildman–Crippen LogP) is 2.68. The van der Waals surface area contributed by atoms with Crippen LogP contribution in [0.25, 0.3) is 21.8 Å². The van der Waals surface area contributed by atoms with E-state index in [1.165, 1.54) is 16.2 Å². The van der Waals surface area contributed by atoms with Gasteiger partial charge in [-0.3, -0.25) is 19.8 Å². The fourth-order valence-electron chi connectivity index (χ4n) is 5.42. The molecule has 4 heterocycles. The van der Waals surface area contributed by atoms with Gasteiger partial charge >= 0.3 is 0 Å². The van der Waals surface area contributed by atoms with Crippen molar-refractivity contribution in [2.24, 2.45) is 5.73 Å². The number of hydrogen-bond acceptors (Lipinski definition) is 8. The minimum Gasteiger partial charge on any atom is -0.384 e. The van der Waals surface area contributed by atoms with E-state index in [0.717, 1.165) is 21.2 Å². The zero-order chi connectivity index (χ0) is 29.4. The van der Waals surface area contributed by atoms with Gasteiger partial charge in [-0.2, -0.15) is 0 Å². The highest BCUT2D eigenvalue weighted by molar-refractivity contribution is 7.10. The van der Waals surface area contributed by atoms with Gasteiger partial charge in [-0.1, -0.05) is 24.3 Å². The highest BCUT2D eigenvalue weighted by Crippen LogP contribution is 2.35. The Bertz CT molecular complexity index is 1710. The second-order valence-corrected chi connectivity index (χ2v) is 11.4. The topological polar surface area (TPSA) is 160 Å². The lowest BCUT2D eigenvalue weighted by atomic mass is 10.1. The van der Waals surface area contributed by atoms with Gasteiger partial charge in [-0.25, -0.2) is 4.98 Å². The zero-order valence-electron chi connectivity index (χ0n) is 22.9. The lowest BCUT2D eigenvalue weighted by Crippen LogP contribution is -2.49. The van der Waals surface area contributed by atoms with Crippen LogP contribution in [0.15, 0.2) is 60.0 Å². The predicted molar refractivity (Wildman–Crippen MR) is 158 cm³/mol. The van der Waals surface area contributed by atoms with Crippen LogP contribution in [0, 0.1) is 5.41 Å². The number of benzene rings is 2. The molecule has 2 aliphatic heterocycles. The number of ether oxygens (including phenoxy) is 2. The van der Waals surface area contributed by atoms with Crippen molar-refractivity contribution < 1.29 is 23.9 Å². The van der Waals surface area contributed by atoms with Crippen LogP contribution < -0.4 is 16.4 Å². The molecule has 2 aromatic heterocycles. The number of pyridine rings is 1.